The summed E-state index contributed by atoms with van der Waals surface area (Å²) in [5, 5.41) is 17.6. The van der Waals surface area contributed by atoms with Gasteiger partial charge in [0, 0.05) is 19.6 Å². The van der Waals surface area contributed by atoms with E-state index in [0.29, 0.717) is 24.3 Å². The minimum absolute atomic E-state index is 0.326. The van der Waals surface area contributed by atoms with Crippen molar-refractivity contribution in [2.75, 3.05) is 19.6 Å². The Bertz CT molecular complexity index is 228. The first-order valence-corrected chi connectivity index (χ1v) is 5.44. The number of aliphatic hydroxyl groups excluding tert-OH is 1. The highest BCUT2D eigenvalue weighted by Gasteiger charge is 2.35. The summed E-state index contributed by atoms with van der Waals surface area (Å²) in [6.07, 6.45) is -0.884. The van der Waals surface area contributed by atoms with E-state index in [9.17, 15) is 4.79 Å². The van der Waals surface area contributed by atoms with E-state index >= 15 is 0 Å². The Morgan fingerprint density at radius 3 is 2.40 bits per heavy atom. The van der Waals surface area contributed by atoms with Crippen LogP contribution in [0.25, 0.3) is 0 Å². The van der Waals surface area contributed by atoms with Gasteiger partial charge in [-0.05, 0) is 17.8 Å². The Hall–Kier alpha value is -0.610. The van der Waals surface area contributed by atoms with Crippen molar-refractivity contribution in [2.45, 2.75) is 33.3 Å². The number of hydrogen-bond donors (Lipinski definition) is 2. The minimum atomic E-state index is -1.21. The van der Waals surface area contributed by atoms with Crippen LogP contribution < -0.4 is 0 Å². The van der Waals surface area contributed by atoms with Crippen LogP contribution in [-0.4, -0.2) is 46.8 Å². The predicted molar refractivity (Wildman–Crippen MR) is 57.6 cm³/mol. The van der Waals surface area contributed by atoms with Crippen molar-refractivity contribution in [2.24, 2.45) is 11.3 Å². The summed E-state index contributed by atoms with van der Waals surface area (Å²) in [6.45, 7) is 9.40. The largest absolute Gasteiger partial charge is 0.479 e. The van der Waals surface area contributed by atoms with Gasteiger partial charge >= 0.3 is 5.97 Å². The zero-order valence-electron chi connectivity index (χ0n) is 9.73. The van der Waals surface area contributed by atoms with E-state index in [1.807, 2.05) is 0 Å². The summed E-state index contributed by atoms with van der Waals surface area (Å²) < 4.78 is 0. The lowest BCUT2D eigenvalue weighted by atomic mass is 9.76. The maximum absolute atomic E-state index is 10.4. The quantitative estimate of drug-likeness (QED) is 0.728. The monoisotopic (exact) mass is 215 g/mol. The molecule has 0 aromatic carbocycles. The van der Waals surface area contributed by atoms with Gasteiger partial charge in [-0.3, -0.25) is 0 Å². The second-order valence-electron chi connectivity index (χ2n) is 5.47. The third-order valence-electron chi connectivity index (χ3n) is 3.19. The molecule has 0 aliphatic carbocycles. The number of carbonyl (C=O) groups is 1. The number of hydrogen-bond acceptors (Lipinski definition) is 3. The van der Waals surface area contributed by atoms with Crippen LogP contribution in [0.15, 0.2) is 0 Å². The molecule has 1 saturated heterocycles. The van der Waals surface area contributed by atoms with E-state index in [-0.39, 0.29) is 0 Å². The Balaban J connectivity index is 2.16. The molecular formula is C11H21NO3. The summed E-state index contributed by atoms with van der Waals surface area (Å²) >= 11 is 0. The molecule has 0 aromatic heterocycles. The van der Waals surface area contributed by atoms with Crippen LogP contribution in [0, 0.1) is 11.3 Å². The van der Waals surface area contributed by atoms with Gasteiger partial charge in [-0.15, -0.1) is 0 Å². The first-order chi connectivity index (χ1) is 6.80. The topological polar surface area (TPSA) is 60.8 Å². The van der Waals surface area contributed by atoms with Crippen molar-refractivity contribution >= 4 is 5.97 Å². The normalized spacial score (nSPS) is 21.1. The van der Waals surface area contributed by atoms with Crippen molar-refractivity contribution < 1.29 is 15.0 Å². The summed E-state index contributed by atoms with van der Waals surface area (Å²) in [5.74, 6) is -0.428. The van der Waals surface area contributed by atoms with Crippen LogP contribution >= 0.6 is 0 Å². The molecule has 0 aromatic rings. The van der Waals surface area contributed by atoms with E-state index < -0.39 is 12.1 Å². The molecule has 4 heteroatoms. The van der Waals surface area contributed by atoms with Gasteiger partial charge in [-0.2, -0.15) is 0 Å². The fraction of sp³-hybridized carbons (Fsp3) is 0.909. The number of nitrogens with zero attached hydrogens (tertiary/aromatic N) is 1. The molecule has 0 amide bonds. The lowest BCUT2D eigenvalue weighted by Gasteiger charge is -2.46. The second kappa shape index (κ2) is 4.49. The Labute approximate surface area is 90.9 Å². The van der Waals surface area contributed by atoms with Crippen molar-refractivity contribution in [1.29, 1.82) is 0 Å². The third kappa shape index (κ3) is 3.47. The molecule has 1 aliphatic heterocycles. The molecule has 1 unspecified atom stereocenters. The third-order valence-corrected chi connectivity index (χ3v) is 3.19. The molecule has 0 spiro atoms. The van der Waals surface area contributed by atoms with Crippen LogP contribution in [0.4, 0.5) is 0 Å². The highest BCUT2D eigenvalue weighted by Crippen LogP contribution is 2.33. The lowest BCUT2D eigenvalue weighted by molar-refractivity contribution is -0.147. The molecule has 2 N–H and O–H groups in total. The first-order valence-electron chi connectivity index (χ1n) is 5.44. The molecule has 0 saturated carbocycles. The van der Waals surface area contributed by atoms with Gasteiger partial charge in [-0.25, -0.2) is 4.79 Å². The zero-order valence-corrected chi connectivity index (χ0v) is 9.73. The van der Waals surface area contributed by atoms with Crippen LogP contribution in [-0.2, 0) is 4.79 Å². The standard InChI is InChI=1S/C11H21NO3/c1-11(2,3)8-6-12(7-8)5-4-9(13)10(14)15/h8-9,13H,4-7H2,1-3H3,(H,14,15). The average Bonchev–Trinajstić information content (AvgIpc) is 1.97. The highest BCUT2D eigenvalue weighted by atomic mass is 16.4. The van der Waals surface area contributed by atoms with Crippen LogP contribution in [0.3, 0.4) is 0 Å². The number of likely N-dealkylation sites (tertiary alicyclic amines) is 1. The number of rotatable bonds is 4. The van der Waals surface area contributed by atoms with E-state index in [1.54, 1.807) is 0 Å². The highest BCUT2D eigenvalue weighted by molar-refractivity contribution is 5.71. The van der Waals surface area contributed by atoms with Gasteiger partial charge in [0.1, 0.15) is 0 Å². The van der Waals surface area contributed by atoms with Crippen molar-refractivity contribution in [3.63, 3.8) is 0 Å². The Morgan fingerprint density at radius 2 is 2.00 bits per heavy atom. The van der Waals surface area contributed by atoms with Crippen molar-refractivity contribution in [3.8, 4) is 0 Å². The Morgan fingerprint density at radius 1 is 1.47 bits per heavy atom. The fourth-order valence-corrected chi connectivity index (χ4v) is 1.73. The lowest BCUT2D eigenvalue weighted by Crippen LogP contribution is -2.52. The maximum atomic E-state index is 10.4. The summed E-state index contributed by atoms with van der Waals surface area (Å²) in [6, 6.07) is 0. The molecule has 1 rings (SSSR count). The first kappa shape index (κ1) is 12.5. The van der Waals surface area contributed by atoms with Gasteiger partial charge in [0.2, 0.25) is 0 Å². The number of carboxylic acids is 1. The molecule has 0 bridgehead atoms. The van der Waals surface area contributed by atoms with Crippen LogP contribution in [0.2, 0.25) is 0 Å². The fourth-order valence-electron chi connectivity index (χ4n) is 1.73. The van der Waals surface area contributed by atoms with Gasteiger partial charge < -0.3 is 15.1 Å². The molecule has 1 atom stereocenters. The number of aliphatic carboxylic acids is 1. The molecule has 88 valence electrons. The minimum Gasteiger partial charge on any atom is -0.479 e. The maximum Gasteiger partial charge on any atom is 0.332 e. The van der Waals surface area contributed by atoms with Gasteiger partial charge in [0.25, 0.3) is 0 Å². The van der Waals surface area contributed by atoms with Crippen LogP contribution in [0.1, 0.15) is 27.2 Å². The summed E-state index contributed by atoms with van der Waals surface area (Å²) in [5.41, 5.74) is 0.335. The summed E-state index contributed by atoms with van der Waals surface area (Å²) in [7, 11) is 0. The van der Waals surface area contributed by atoms with Gasteiger partial charge in [0.05, 0.1) is 0 Å². The number of carboxylic acid groups (broad SMARTS) is 1. The van der Waals surface area contributed by atoms with Crippen molar-refractivity contribution in [3.05, 3.63) is 0 Å². The molecule has 1 fully saturated rings. The zero-order chi connectivity index (χ0) is 11.6. The average molecular weight is 215 g/mol. The molecule has 1 aliphatic rings. The van der Waals surface area contributed by atoms with Crippen molar-refractivity contribution in [1.82, 2.24) is 4.90 Å². The predicted octanol–water partition coefficient (Wildman–Crippen LogP) is 0.800. The molecule has 4 nitrogen and oxygen atoms in total. The SMILES string of the molecule is CC(C)(C)C1CN(CCC(O)C(=O)O)C1. The molecule has 0 radical (unpaired) electrons. The number of aliphatic hydroxyl groups is 1. The summed E-state index contributed by atoms with van der Waals surface area (Å²) in [4.78, 5) is 12.6. The smallest absolute Gasteiger partial charge is 0.332 e. The van der Waals surface area contributed by atoms with Gasteiger partial charge in [0.15, 0.2) is 6.10 Å². The van der Waals surface area contributed by atoms with E-state index in [4.69, 9.17) is 10.2 Å². The molecular weight excluding hydrogens is 194 g/mol. The molecule has 1 heterocycles. The van der Waals surface area contributed by atoms with E-state index in [2.05, 4.69) is 25.7 Å². The van der Waals surface area contributed by atoms with Crippen LogP contribution in [0.5, 0.6) is 0 Å². The Kier molecular flexibility index (Phi) is 3.73. The van der Waals surface area contributed by atoms with E-state index in [1.165, 1.54) is 0 Å². The second-order valence-corrected chi connectivity index (χ2v) is 5.47. The molecule has 15 heavy (non-hydrogen) atoms. The van der Waals surface area contributed by atoms with E-state index in [0.717, 1.165) is 13.1 Å². The van der Waals surface area contributed by atoms with Gasteiger partial charge in [-0.1, -0.05) is 20.8 Å².